The van der Waals surface area contributed by atoms with E-state index >= 15 is 0 Å². The van der Waals surface area contributed by atoms with Crippen LogP contribution in [0.5, 0.6) is 5.88 Å². The number of ether oxygens (including phenoxy) is 3. The molecule has 16 heteroatoms. The maximum absolute atomic E-state index is 14.9. The molecule has 2 aliphatic heterocycles. The number of hydrogen-bond donors (Lipinski definition) is 4. The molecule has 7 atom stereocenters. The molecule has 1 aromatic heterocycles. The van der Waals surface area contributed by atoms with Crippen molar-refractivity contribution in [3.05, 3.63) is 35.4 Å². The first-order valence-electron chi connectivity index (χ1n) is 22.1. The summed E-state index contributed by atoms with van der Waals surface area (Å²) in [6, 6.07) is 5.99. The summed E-state index contributed by atoms with van der Waals surface area (Å²) in [6.07, 6.45) is 7.90. The lowest BCUT2D eigenvalue weighted by atomic mass is 9.85. The van der Waals surface area contributed by atoms with E-state index in [1.165, 1.54) is 24.2 Å². The fourth-order valence-corrected chi connectivity index (χ4v) is 10.6. The number of rotatable bonds is 11. The number of carbonyl (C=O) groups excluding carboxylic acids is 4. The number of hydrogen-bond acceptors (Lipinski definition) is 11. The second kappa shape index (κ2) is 16.4. The Bertz CT molecular complexity index is 2120. The van der Waals surface area contributed by atoms with Gasteiger partial charge in [0.05, 0.1) is 22.9 Å². The van der Waals surface area contributed by atoms with Crippen LogP contribution in [0.4, 0.5) is 4.79 Å². The van der Waals surface area contributed by atoms with E-state index in [0.717, 1.165) is 38.6 Å². The van der Waals surface area contributed by atoms with Gasteiger partial charge >= 0.3 is 6.09 Å². The third-order valence-electron chi connectivity index (χ3n) is 13.9. The van der Waals surface area contributed by atoms with Crippen molar-refractivity contribution in [2.24, 2.45) is 17.1 Å². The van der Waals surface area contributed by atoms with E-state index in [0.29, 0.717) is 60.4 Å². The Morgan fingerprint density at radius 2 is 1.82 bits per heavy atom. The number of pyridine rings is 1. The van der Waals surface area contributed by atoms with Crippen molar-refractivity contribution in [2.45, 2.75) is 164 Å². The van der Waals surface area contributed by atoms with Crippen LogP contribution in [0.3, 0.4) is 0 Å². The number of carbonyl (C=O) groups is 4. The summed E-state index contributed by atoms with van der Waals surface area (Å²) in [6.45, 7) is 8.34. The molecule has 5 N–H and O–H groups in total. The van der Waals surface area contributed by atoms with Crippen molar-refractivity contribution < 1.29 is 41.8 Å². The Morgan fingerprint density at radius 3 is 2.52 bits per heavy atom. The lowest BCUT2D eigenvalue weighted by Crippen LogP contribution is -2.57. The van der Waals surface area contributed by atoms with Crippen LogP contribution in [0.1, 0.15) is 122 Å². The van der Waals surface area contributed by atoms with Crippen LogP contribution >= 0.6 is 0 Å². The molecule has 5 fully saturated rings. The summed E-state index contributed by atoms with van der Waals surface area (Å²) in [5, 5.41) is 7.08. The molecular formula is C44H62N6O9S. The number of nitrogens with one attached hydrogen (secondary N) is 3. The molecule has 0 spiro atoms. The number of aromatic nitrogens is 1. The number of alkyl carbamates (subject to hydrolysis) is 1. The van der Waals surface area contributed by atoms with Crippen molar-refractivity contribution in [3.63, 3.8) is 0 Å². The molecule has 2 bridgehead atoms. The minimum atomic E-state index is -4.00. The molecule has 6 aliphatic rings. The number of benzene rings is 1. The van der Waals surface area contributed by atoms with E-state index in [4.69, 9.17) is 24.9 Å². The predicted molar refractivity (Wildman–Crippen MR) is 223 cm³/mol. The normalized spacial score (nSPS) is 30.6. The summed E-state index contributed by atoms with van der Waals surface area (Å²) < 4.78 is 48.0. The topological polar surface area (TPSA) is 208 Å². The molecule has 2 aromatic rings. The van der Waals surface area contributed by atoms with Gasteiger partial charge in [-0.15, -0.1) is 0 Å². The van der Waals surface area contributed by atoms with Gasteiger partial charge in [0.15, 0.2) is 0 Å². The van der Waals surface area contributed by atoms with Crippen molar-refractivity contribution in [3.8, 4) is 5.88 Å². The third kappa shape index (κ3) is 8.57. The molecule has 4 saturated carbocycles. The second-order valence-corrected chi connectivity index (χ2v) is 21.7. The van der Waals surface area contributed by atoms with E-state index in [9.17, 15) is 27.6 Å². The summed E-state index contributed by atoms with van der Waals surface area (Å²) in [5.74, 6) is -1.32. The first kappa shape index (κ1) is 42.7. The molecular weight excluding hydrogens is 789 g/mol. The van der Waals surface area contributed by atoms with Gasteiger partial charge in [0.2, 0.25) is 33.6 Å². The molecule has 2 unspecified atom stereocenters. The summed E-state index contributed by atoms with van der Waals surface area (Å²) >= 11 is 0. The predicted octanol–water partition coefficient (Wildman–Crippen LogP) is 4.27. The van der Waals surface area contributed by atoms with E-state index in [1.54, 1.807) is 6.92 Å². The van der Waals surface area contributed by atoms with Gasteiger partial charge in [-0.1, -0.05) is 58.2 Å². The standard InChI is InChI=1S/C44H62N6O9S/c1-42(2,3)36-39(52)50-25-28(23-32(50)37(45)51)58-38-30(16-7-5-6-12-26-22-33(26)59-41(54)48-36)35(29-15-8-9-17-31(29)47-38)44(40(53)49-60(55,56)43(4)18-19-43)24-34(44)57-21-11-20-46-27-13-10-14-27/h8-9,15,17,26-28,32-34,36,46H,5-7,10-14,16,18-25H2,1-4H3,(H2,45,51)(H,48,54)(H,49,53)/t26-,28-,32+,33-,34?,36-,44?/m1/s1. The van der Waals surface area contributed by atoms with E-state index in [2.05, 4.69) is 15.4 Å². The lowest BCUT2D eigenvalue weighted by molar-refractivity contribution is -0.141. The molecule has 15 nitrogen and oxygen atoms in total. The van der Waals surface area contributed by atoms with Gasteiger partial charge in [-0.2, -0.15) is 0 Å². The van der Waals surface area contributed by atoms with Crippen molar-refractivity contribution in [2.75, 3.05) is 19.7 Å². The maximum Gasteiger partial charge on any atom is 0.408 e. The number of primary amides is 1. The molecule has 60 heavy (non-hydrogen) atoms. The number of sulfonamides is 1. The minimum absolute atomic E-state index is 0.00713. The lowest BCUT2D eigenvalue weighted by Gasteiger charge is -2.34. The van der Waals surface area contributed by atoms with Crippen LogP contribution < -0.4 is 25.8 Å². The van der Waals surface area contributed by atoms with E-state index in [-0.39, 0.29) is 37.3 Å². The van der Waals surface area contributed by atoms with Crippen LogP contribution in [0.25, 0.3) is 10.9 Å². The summed E-state index contributed by atoms with van der Waals surface area (Å²) in [7, 11) is -4.00. The highest BCUT2D eigenvalue weighted by Crippen LogP contribution is 2.56. The zero-order valence-electron chi connectivity index (χ0n) is 35.4. The fraction of sp³-hybridized carbons (Fsp3) is 0.705. The zero-order chi connectivity index (χ0) is 42.6. The fourth-order valence-electron chi connectivity index (χ4n) is 9.33. The number of amides is 4. The van der Waals surface area contributed by atoms with Crippen LogP contribution in [0, 0.1) is 11.3 Å². The van der Waals surface area contributed by atoms with Crippen LogP contribution in [0.2, 0.25) is 0 Å². The van der Waals surface area contributed by atoms with Gasteiger partial charge in [0, 0.05) is 30.0 Å². The summed E-state index contributed by atoms with van der Waals surface area (Å²) in [4.78, 5) is 61.8. The number of nitrogens with two attached hydrogens (primary N) is 1. The number of para-hydroxylation sites is 1. The maximum atomic E-state index is 14.9. The Labute approximate surface area is 353 Å². The second-order valence-electron chi connectivity index (χ2n) is 19.5. The zero-order valence-corrected chi connectivity index (χ0v) is 36.2. The van der Waals surface area contributed by atoms with Gasteiger partial charge in [-0.3, -0.25) is 19.1 Å². The SMILES string of the molecule is CC(C)(C)[C@@H]1NC(=O)O[C@@H]2C[C@H]2CCCCCc2c(nc3ccccc3c2C2(C(=O)NS(=O)(=O)C3(C)CC3)CC2OCCCNC2CCC2)O[C@@H]2C[C@@H](C(N)=O)N(C2)C1=O. The highest BCUT2D eigenvalue weighted by atomic mass is 32.2. The Balaban J connectivity index is 1.18. The van der Waals surface area contributed by atoms with Gasteiger partial charge < -0.3 is 35.5 Å². The first-order valence-corrected chi connectivity index (χ1v) is 23.6. The molecule has 0 radical (unpaired) electrons. The highest BCUT2D eigenvalue weighted by Gasteiger charge is 2.66. The smallest absolute Gasteiger partial charge is 0.408 e. The molecule has 8 rings (SSSR count). The molecule has 4 amide bonds. The monoisotopic (exact) mass is 850 g/mol. The number of fused-ring (bicyclic) bond motifs is 5. The molecule has 328 valence electrons. The average molecular weight is 851 g/mol. The van der Waals surface area contributed by atoms with E-state index in [1.807, 2.05) is 45.0 Å². The molecule has 3 heterocycles. The van der Waals surface area contributed by atoms with E-state index < -0.39 is 73.7 Å². The van der Waals surface area contributed by atoms with Crippen LogP contribution in [-0.4, -0.2) is 103 Å². The molecule has 4 aliphatic carbocycles. The Morgan fingerprint density at radius 1 is 1.05 bits per heavy atom. The Kier molecular flexibility index (Phi) is 11.6. The van der Waals surface area contributed by atoms with Crippen molar-refractivity contribution >= 4 is 44.7 Å². The van der Waals surface area contributed by atoms with Gasteiger partial charge in [0.1, 0.15) is 29.7 Å². The van der Waals surface area contributed by atoms with Gasteiger partial charge in [-0.25, -0.2) is 18.2 Å². The minimum Gasteiger partial charge on any atom is -0.472 e. The van der Waals surface area contributed by atoms with Crippen molar-refractivity contribution in [1.29, 1.82) is 0 Å². The third-order valence-corrected chi connectivity index (χ3v) is 16.0. The average Bonchev–Trinajstić information content (AvgIpc) is 4.12. The Hall–Kier alpha value is -4.02. The number of nitrogens with zero attached hydrogens (tertiary/aromatic N) is 2. The van der Waals surface area contributed by atoms with Gasteiger partial charge in [-0.05, 0) is 101 Å². The molecule has 1 saturated heterocycles. The van der Waals surface area contributed by atoms with Crippen molar-refractivity contribution in [1.82, 2.24) is 25.2 Å². The quantitative estimate of drug-likeness (QED) is 0.235. The van der Waals surface area contributed by atoms with Crippen LogP contribution in [-0.2, 0) is 45.7 Å². The molecule has 1 aromatic carbocycles. The van der Waals surface area contributed by atoms with Crippen LogP contribution in [0.15, 0.2) is 24.3 Å². The highest BCUT2D eigenvalue weighted by molar-refractivity contribution is 7.91. The van der Waals surface area contributed by atoms with Gasteiger partial charge in [0.25, 0.3) is 0 Å². The largest absolute Gasteiger partial charge is 0.472 e. The first-order chi connectivity index (χ1) is 28.5. The summed E-state index contributed by atoms with van der Waals surface area (Å²) in [5.41, 5.74) is 5.74.